The maximum absolute atomic E-state index is 6.11. The van der Waals surface area contributed by atoms with Gasteiger partial charge in [0.15, 0.2) is 0 Å². The SMILES string of the molecule is CC(C)C(C)c1cccc(N)c1Cl. The number of hydrogen-bond donors (Lipinski definition) is 1. The first-order chi connectivity index (χ1) is 6.04. The molecule has 0 radical (unpaired) electrons. The van der Waals surface area contributed by atoms with Crippen LogP contribution < -0.4 is 5.73 Å². The number of anilines is 1. The molecule has 0 aliphatic carbocycles. The lowest BCUT2D eigenvalue weighted by atomic mass is 9.90. The van der Waals surface area contributed by atoms with Crippen LogP contribution >= 0.6 is 11.6 Å². The van der Waals surface area contributed by atoms with Crippen molar-refractivity contribution in [2.45, 2.75) is 26.7 Å². The molecule has 0 aliphatic rings. The van der Waals surface area contributed by atoms with Crippen molar-refractivity contribution in [3.05, 3.63) is 28.8 Å². The Kier molecular flexibility index (Phi) is 3.21. The lowest BCUT2D eigenvalue weighted by molar-refractivity contribution is 0.535. The topological polar surface area (TPSA) is 26.0 Å². The highest BCUT2D eigenvalue weighted by Gasteiger charge is 2.14. The summed E-state index contributed by atoms with van der Waals surface area (Å²) in [6.07, 6.45) is 0. The molecule has 13 heavy (non-hydrogen) atoms. The summed E-state index contributed by atoms with van der Waals surface area (Å²) >= 11 is 6.11. The van der Waals surface area contributed by atoms with Crippen molar-refractivity contribution in [2.75, 3.05) is 5.73 Å². The number of rotatable bonds is 2. The summed E-state index contributed by atoms with van der Waals surface area (Å²) in [5, 5.41) is 0.712. The van der Waals surface area contributed by atoms with Crippen LogP contribution in [0.25, 0.3) is 0 Å². The molecule has 1 aromatic rings. The van der Waals surface area contributed by atoms with Gasteiger partial charge in [0, 0.05) is 0 Å². The lowest BCUT2D eigenvalue weighted by Gasteiger charge is -2.18. The monoisotopic (exact) mass is 197 g/mol. The molecule has 1 aromatic carbocycles. The fraction of sp³-hybridized carbons (Fsp3) is 0.455. The second-order valence-electron chi connectivity index (χ2n) is 3.78. The van der Waals surface area contributed by atoms with E-state index in [0.29, 0.717) is 22.5 Å². The van der Waals surface area contributed by atoms with E-state index in [1.807, 2.05) is 18.2 Å². The van der Waals surface area contributed by atoms with Gasteiger partial charge in [-0.1, -0.05) is 44.5 Å². The lowest BCUT2D eigenvalue weighted by Crippen LogP contribution is -2.03. The molecular formula is C11H16ClN. The average Bonchev–Trinajstić information content (AvgIpc) is 2.08. The third-order valence-electron chi connectivity index (χ3n) is 2.55. The van der Waals surface area contributed by atoms with Crippen LogP contribution in [0.4, 0.5) is 5.69 Å². The number of benzene rings is 1. The zero-order valence-electron chi connectivity index (χ0n) is 8.34. The first-order valence-corrected chi connectivity index (χ1v) is 4.95. The molecule has 0 saturated heterocycles. The van der Waals surface area contributed by atoms with E-state index in [-0.39, 0.29) is 0 Å². The van der Waals surface area contributed by atoms with Crippen molar-refractivity contribution in [2.24, 2.45) is 5.92 Å². The van der Waals surface area contributed by atoms with Gasteiger partial charge in [0.1, 0.15) is 0 Å². The van der Waals surface area contributed by atoms with Crippen LogP contribution in [0.5, 0.6) is 0 Å². The minimum absolute atomic E-state index is 0.455. The molecule has 1 atom stereocenters. The van der Waals surface area contributed by atoms with Gasteiger partial charge in [-0.25, -0.2) is 0 Å². The maximum atomic E-state index is 6.11. The van der Waals surface area contributed by atoms with E-state index in [2.05, 4.69) is 20.8 Å². The van der Waals surface area contributed by atoms with Gasteiger partial charge < -0.3 is 5.73 Å². The summed E-state index contributed by atoms with van der Waals surface area (Å²) < 4.78 is 0. The van der Waals surface area contributed by atoms with Crippen LogP contribution in [0.1, 0.15) is 32.3 Å². The largest absolute Gasteiger partial charge is 0.398 e. The molecule has 0 spiro atoms. The number of halogens is 1. The van der Waals surface area contributed by atoms with Crippen LogP contribution in [0.3, 0.4) is 0 Å². The van der Waals surface area contributed by atoms with Crippen LogP contribution in [-0.4, -0.2) is 0 Å². The van der Waals surface area contributed by atoms with E-state index in [1.54, 1.807) is 0 Å². The van der Waals surface area contributed by atoms with Gasteiger partial charge in [-0.05, 0) is 23.5 Å². The predicted octanol–water partition coefficient (Wildman–Crippen LogP) is 3.68. The van der Waals surface area contributed by atoms with E-state index >= 15 is 0 Å². The van der Waals surface area contributed by atoms with Gasteiger partial charge in [0.05, 0.1) is 10.7 Å². The van der Waals surface area contributed by atoms with Gasteiger partial charge in [0.25, 0.3) is 0 Å². The van der Waals surface area contributed by atoms with Gasteiger partial charge in [-0.3, -0.25) is 0 Å². The molecule has 1 rings (SSSR count). The molecular weight excluding hydrogens is 182 g/mol. The summed E-state index contributed by atoms with van der Waals surface area (Å²) in [4.78, 5) is 0. The highest BCUT2D eigenvalue weighted by Crippen LogP contribution is 2.32. The van der Waals surface area contributed by atoms with Crippen molar-refractivity contribution in [3.8, 4) is 0 Å². The Morgan fingerprint density at radius 2 is 1.85 bits per heavy atom. The third-order valence-corrected chi connectivity index (χ3v) is 2.99. The molecule has 0 saturated carbocycles. The highest BCUT2D eigenvalue weighted by atomic mass is 35.5. The Hall–Kier alpha value is -0.690. The Bertz CT molecular complexity index is 294. The van der Waals surface area contributed by atoms with E-state index in [9.17, 15) is 0 Å². The van der Waals surface area contributed by atoms with Crippen molar-refractivity contribution < 1.29 is 0 Å². The summed E-state index contributed by atoms with van der Waals surface area (Å²) in [5.41, 5.74) is 7.55. The van der Waals surface area contributed by atoms with Gasteiger partial charge in [-0.15, -0.1) is 0 Å². The van der Waals surface area contributed by atoms with Crippen LogP contribution in [0.2, 0.25) is 5.02 Å². The number of hydrogen-bond acceptors (Lipinski definition) is 1. The zero-order valence-corrected chi connectivity index (χ0v) is 9.10. The van der Waals surface area contributed by atoms with Gasteiger partial charge in [-0.2, -0.15) is 0 Å². The summed E-state index contributed by atoms with van der Waals surface area (Å²) in [5.74, 6) is 1.04. The van der Waals surface area contributed by atoms with E-state index in [4.69, 9.17) is 17.3 Å². The second kappa shape index (κ2) is 4.01. The normalized spacial score (nSPS) is 13.3. The summed E-state index contributed by atoms with van der Waals surface area (Å²) in [6, 6.07) is 5.83. The molecule has 72 valence electrons. The summed E-state index contributed by atoms with van der Waals surface area (Å²) in [7, 11) is 0. The van der Waals surface area contributed by atoms with Crippen LogP contribution in [0, 0.1) is 5.92 Å². The first kappa shape index (κ1) is 10.4. The Morgan fingerprint density at radius 3 is 2.38 bits per heavy atom. The minimum Gasteiger partial charge on any atom is -0.398 e. The first-order valence-electron chi connectivity index (χ1n) is 4.58. The molecule has 0 fully saturated rings. The highest BCUT2D eigenvalue weighted by molar-refractivity contribution is 6.33. The van der Waals surface area contributed by atoms with E-state index < -0.39 is 0 Å². The third kappa shape index (κ3) is 2.16. The predicted molar refractivity (Wildman–Crippen MR) is 59.1 cm³/mol. The van der Waals surface area contributed by atoms with E-state index in [0.717, 1.165) is 5.56 Å². The molecule has 1 nitrogen and oxygen atoms in total. The molecule has 0 bridgehead atoms. The zero-order chi connectivity index (χ0) is 10.0. The van der Waals surface area contributed by atoms with Crippen molar-refractivity contribution >= 4 is 17.3 Å². The number of nitrogen functional groups attached to an aromatic ring is 1. The fourth-order valence-electron chi connectivity index (χ4n) is 1.28. The van der Waals surface area contributed by atoms with Gasteiger partial charge >= 0.3 is 0 Å². The molecule has 1 unspecified atom stereocenters. The summed E-state index contributed by atoms with van der Waals surface area (Å²) in [6.45, 7) is 6.54. The quantitative estimate of drug-likeness (QED) is 0.720. The maximum Gasteiger partial charge on any atom is 0.0670 e. The van der Waals surface area contributed by atoms with Crippen LogP contribution in [0.15, 0.2) is 18.2 Å². The smallest absolute Gasteiger partial charge is 0.0670 e. The van der Waals surface area contributed by atoms with Gasteiger partial charge in [0.2, 0.25) is 0 Å². The van der Waals surface area contributed by atoms with Crippen molar-refractivity contribution in [3.63, 3.8) is 0 Å². The molecule has 2 N–H and O–H groups in total. The standard InChI is InChI=1S/C11H16ClN/c1-7(2)8(3)9-5-4-6-10(13)11(9)12/h4-8H,13H2,1-3H3. The number of nitrogens with two attached hydrogens (primary N) is 1. The minimum atomic E-state index is 0.455. The fourth-order valence-corrected chi connectivity index (χ4v) is 1.58. The average molecular weight is 198 g/mol. The molecule has 0 amide bonds. The van der Waals surface area contributed by atoms with E-state index in [1.165, 1.54) is 0 Å². The Morgan fingerprint density at radius 1 is 1.23 bits per heavy atom. The second-order valence-corrected chi connectivity index (χ2v) is 4.16. The molecule has 0 aromatic heterocycles. The molecule has 0 aliphatic heterocycles. The van der Waals surface area contributed by atoms with Crippen molar-refractivity contribution in [1.29, 1.82) is 0 Å². The Balaban J connectivity index is 3.07. The molecule has 2 heteroatoms. The molecule has 0 heterocycles. The Labute approximate surface area is 84.9 Å². The van der Waals surface area contributed by atoms with Crippen molar-refractivity contribution in [1.82, 2.24) is 0 Å². The van der Waals surface area contributed by atoms with Crippen LogP contribution in [-0.2, 0) is 0 Å².